The van der Waals surface area contributed by atoms with Gasteiger partial charge >= 0.3 is 0 Å². The molecule has 0 spiro atoms. The Hall–Kier alpha value is -6.76. The van der Waals surface area contributed by atoms with Crippen LogP contribution in [0.1, 0.15) is 25.0 Å². The lowest BCUT2D eigenvalue weighted by Gasteiger charge is -2.18. The van der Waals surface area contributed by atoms with Crippen LogP contribution in [0.15, 0.2) is 194 Å². The minimum atomic E-state index is 1.24. The third-order valence-corrected chi connectivity index (χ3v) is 11.3. The highest BCUT2D eigenvalue weighted by molar-refractivity contribution is 6.16. The molecule has 0 nitrogen and oxygen atoms in total. The van der Waals surface area contributed by atoms with Gasteiger partial charge in [-0.3, -0.25) is 0 Å². The first-order valence-corrected chi connectivity index (χ1v) is 19.8. The number of aryl methyl sites for hydroxylation is 2. The van der Waals surface area contributed by atoms with Gasteiger partial charge in [0.15, 0.2) is 0 Å². The summed E-state index contributed by atoms with van der Waals surface area (Å²) in [6.45, 7) is 8.29. The van der Waals surface area contributed by atoms with Crippen molar-refractivity contribution in [3.8, 4) is 55.6 Å². The molecular weight excluding hydrogens is 673 g/mol. The first kappa shape index (κ1) is 35.0. The molecule has 0 N–H and O–H groups in total. The third-order valence-electron chi connectivity index (χ3n) is 11.3. The van der Waals surface area contributed by atoms with Crippen LogP contribution in [0.25, 0.3) is 98.7 Å². The van der Waals surface area contributed by atoms with E-state index in [1.165, 1.54) is 110 Å². The molecule has 0 aliphatic carbocycles. The van der Waals surface area contributed by atoms with Gasteiger partial charge in [0.2, 0.25) is 0 Å². The summed E-state index contributed by atoms with van der Waals surface area (Å²) in [6.07, 6.45) is 0. The summed E-state index contributed by atoms with van der Waals surface area (Å²) in [5.74, 6) is 0. The van der Waals surface area contributed by atoms with E-state index in [1.807, 2.05) is 13.8 Å². The highest BCUT2D eigenvalue weighted by Crippen LogP contribution is 2.45. The lowest BCUT2D eigenvalue weighted by molar-refractivity contribution is 1.47. The van der Waals surface area contributed by atoms with Gasteiger partial charge < -0.3 is 0 Å². The van der Waals surface area contributed by atoms with Gasteiger partial charge in [0.05, 0.1) is 0 Å². The van der Waals surface area contributed by atoms with E-state index in [0.29, 0.717) is 0 Å². The second-order valence-corrected chi connectivity index (χ2v) is 14.6. The summed E-state index contributed by atoms with van der Waals surface area (Å²) >= 11 is 0. The van der Waals surface area contributed by atoms with Gasteiger partial charge in [-0.05, 0) is 113 Å². The SMILES string of the molecule is CC.Cc1ccc(-c2ccc(-c3ccc(-c4ccc(-c5ccc(-c6ccc(C)cc6)c6ccccc56)c5ccccc45)c4ccccc34)c3ccccc23)cc1. The van der Waals surface area contributed by atoms with Crippen LogP contribution < -0.4 is 0 Å². The van der Waals surface area contributed by atoms with Crippen LogP contribution in [-0.4, -0.2) is 0 Å². The molecule has 0 heterocycles. The van der Waals surface area contributed by atoms with Gasteiger partial charge in [0.1, 0.15) is 0 Å². The molecule has 0 aliphatic rings. The summed E-state index contributed by atoms with van der Waals surface area (Å²) in [5, 5.41) is 10.1. The predicted molar refractivity (Wildman–Crippen MR) is 244 cm³/mol. The van der Waals surface area contributed by atoms with Crippen molar-refractivity contribution in [2.75, 3.05) is 0 Å². The zero-order chi connectivity index (χ0) is 38.2. The molecular formula is C56H44. The molecule has 0 saturated heterocycles. The Kier molecular flexibility index (Phi) is 9.25. The van der Waals surface area contributed by atoms with Crippen molar-refractivity contribution in [1.82, 2.24) is 0 Å². The van der Waals surface area contributed by atoms with Gasteiger partial charge in [-0.2, -0.15) is 0 Å². The molecule has 0 heteroatoms. The Bertz CT molecular complexity index is 2830. The summed E-state index contributed by atoms with van der Waals surface area (Å²) in [6, 6.07) is 71.9. The van der Waals surface area contributed by atoms with Gasteiger partial charge in [-0.25, -0.2) is 0 Å². The number of hydrogen-bond acceptors (Lipinski definition) is 0. The van der Waals surface area contributed by atoms with Crippen molar-refractivity contribution in [2.24, 2.45) is 0 Å². The standard InChI is InChI=1S/C54H38.C2H6/c1-35-19-23-37(24-20-35)39-27-29-49(43-13-5-3-11-41(39)43)51-31-33-53(47-17-9-7-15-45(47)51)54-34-32-52(46-16-8-10-18-48(46)54)50-30-28-40(38-25-21-36(2)22-26-38)42-12-4-6-14-44(42)50;1-2/h3-34H,1-2H3;1-2H3. The van der Waals surface area contributed by atoms with Crippen LogP contribution in [0.3, 0.4) is 0 Å². The maximum absolute atomic E-state index is 2.34. The fourth-order valence-electron chi connectivity index (χ4n) is 8.58. The molecule has 0 saturated carbocycles. The largest absolute Gasteiger partial charge is 0.0683 e. The highest BCUT2D eigenvalue weighted by Gasteiger charge is 2.17. The zero-order valence-corrected chi connectivity index (χ0v) is 32.5. The molecule has 268 valence electrons. The van der Waals surface area contributed by atoms with Crippen molar-refractivity contribution in [3.63, 3.8) is 0 Å². The summed E-state index contributed by atoms with van der Waals surface area (Å²) in [4.78, 5) is 0. The third kappa shape index (κ3) is 6.05. The first-order chi connectivity index (χ1) is 27.6. The summed E-state index contributed by atoms with van der Waals surface area (Å²) in [7, 11) is 0. The molecule has 56 heavy (non-hydrogen) atoms. The topological polar surface area (TPSA) is 0 Å². The van der Waals surface area contributed by atoms with Gasteiger partial charge in [-0.1, -0.05) is 219 Å². The molecule has 0 atom stereocenters. The van der Waals surface area contributed by atoms with Crippen LogP contribution in [0.2, 0.25) is 0 Å². The molecule has 0 aliphatic heterocycles. The van der Waals surface area contributed by atoms with E-state index >= 15 is 0 Å². The van der Waals surface area contributed by atoms with E-state index in [-0.39, 0.29) is 0 Å². The van der Waals surface area contributed by atoms with E-state index in [1.54, 1.807) is 0 Å². The lowest BCUT2D eigenvalue weighted by Crippen LogP contribution is -1.91. The quantitative estimate of drug-likeness (QED) is 0.166. The van der Waals surface area contributed by atoms with E-state index in [4.69, 9.17) is 0 Å². The first-order valence-electron chi connectivity index (χ1n) is 19.8. The van der Waals surface area contributed by atoms with E-state index in [2.05, 4.69) is 208 Å². The van der Waals surface area contributed by atoms with Crippen LogP contribution in [0.5, 0.6) is 0 Å². The fraction of sp³-hybridized carbons (Fsp3) is 0.0714. The molecule has 0 amide bonds. The molecule has 0 fully saturated rings. The smallest absolute Gasteiger partial charge is 0.00987 e. The Morgan fingerprint density at radius 3 is 0.589 bits per heavy atom. The van der Waals surface area contributed by atoms with Crippen molar-refractivity contribution < 1.29 is 0 Å². The normalized spacial score (nSPS) is 11.2. The van der Waals surface area contributed by atoms with E-state index in [0.717, 1.165) is 0 Å². The monoisotopic (exact) mass is 716 g/mol. The molecule has 0 aromatic heterocycles. The van der Waals surface area contributed by atoms with Crippen LogP contribution in [0.4, 0.5) is 0 Å². The molecule has 10 aromatic carbocycles. The van der Waals surface area contributed by atoms with Crippen molar-refractivity contribution in [1.29, 1.82) is 0 Å². The van der Waals surface area contributed by atoms with Gasteiger partial charge in [-0.15, -0.1) is 0 Å². The molecule has 0 radical (unpaired) electrons. The number of fused-ring (bicyclic) bond motifs is 4. The summed E-state index contributed by atoms with van der Waals surface area (Å²) in [5.41, 5.74) is 15.1. The van der Waals surface area contributed by atoms with Crippen LogP contribution in [0, 0.1) is 13.8 Å². The second kappa shape index (κ2) is 14.8. The highest BCUT2D eigenvalue weighted by atomic mass is 14.2. The van der Waals surface area contributed by atoms with Crippen LogP contribution >= 0.6 is 0 Å². The Morgan fingerprint density at radius 1 is 0.196 bits per heavy atom. The number of hydrogen-bond donors (Lipinski definition) is 0. The average molecular weight is 717 g/mol. The number of benzene rings is 10. The minimum Gasteiger partial charge on any atom is -0.0683 e. The lowest BCUT2D eigenvalue weighted by atomic mass is 9.85. The molecule has 10 aromatic rings. The second-order valence-electron chi connectivity index (χ2n) is 14.6. The predicted octanol–water partition coefficient (Wildman–Crippen LogP) is 16.3. The maximum Gasteiger partial charge on any atom is -0.00987 e. The Balaban J connectivity index is 0.00000202. The van der Waals surface area contributed by atoms with Gasteiger partial charge in [0, 0.05) is 0 Å². The average Bonchev–Trinajstić information content (AvgIpc) is 3.26. The minimum absolute atomic E-state index is 1.24. The molecule has 10 rings (SSSR count). The molecule has 0 bridgehead atoms. The maximum atomic E-state index is 2.34. The summed E-state index contributed by atoms with van der Waals surface area (Å²) < 4.78 is 0. The Morgan fingerprint density at radius 2 is 0.375 bits per heavy atom. The van der Waals surface area contributed by atoms with E-state index < -0.39 is 0 Å². The van der Waals surface area contributed by atoms with Crippen molar-refractivity contribution in [3.05, 3.63) is 205 Å². The number of rotatable bonds is 5. The fourth-order valence-corrected chi connectivity index (χ4v) is 8.58. The van der Waals surface area contributed by atoms with Crippen molar-refractivity contribution in [2.45, 2.75) is 27.7 Å². The molecule has 0 unspecified atom stereocenters. The van der Waals surface area contributed by atoms with Gasteiger partial charge in [0.25, 0.3) is 0 Å². The van der Waals surface area contributed by atoms with Crippen molar-refractivity contribution >= 4 is 43.1 Å². The van der Waals surface area contributed by atoms with Crippen LogP contribution in [-0.2, 0) is 0 Å². The van der Waals surface area contributed by atoms with E-state index in [9.17, 15) is 0 Å². The zero-order valence-electron chi connectivity index (χ0n) is 32.5. The Labute approximate surface area is 330 Å².